The van der Waals surface area contributed by atoms with Crippen LogP contribution in [0.2, 0.25) is 5.02 Å². The number of anilines is 1. The largest absolute Gasteiger partial charge is 0.494 e. The molecular formula is C19H21ClN4O2. The topological polar surface area (TPSA) is 80.0 Å². The molecule has 2 heterocycles. The lowest BCUT2D eigenvalue weighted by molar-refractivity contribution is -0.123. The number of aromatic nitrogens is 3. The quantitative estimate of drug-likeness (QED) is 0.726. The van der Waals surface area contributed by atoms with E-state index in [2.05, 4.69) is 15.3 Å². The number of fused-ring (bicyclic) bond motifs is 1. The fourth-order valence-corrected chi connectivity index (χ4v) is 2.56. The summed E-state index contributed by atoms with van der Waals surface area (Å²) in [6.45, 7) is 6.04. The molecule has 0 saturated heterocycles. The zero-order valence-corrected chi connectivity index (χ0v) is 15.7. The molecule has 2 N–H and O–H groups in total. The molecule has 0 aromatic heterocycles. The van der Waals surface area contributed by atoms with Crippen LogP contribution in [0.1, 0.15) is 26.3 Å². The summed E-state index contributed by atoms with van der Waals surface area (Å²) in [6.07, 6.45) is 2.28. The third-order valence-electron chi connectivity index (χ3n) is 4.06. The Balaban J connectivity index is 1.79. The second kappa shape index (κ2) is 6.96. The number of hydrogen-bond donors (Lipinski definition) is 2. The van der Waals surface area contributed by atoms with Crippen LogP contribution in [0, 0.1) is 5.41 Å². The number of amides is 1. The summed E-state index contributed by atoms with van der Waals surface area (Å²) in [6, 6.07) is 9.23. The van der Waals surface area contributed by atoms with Crippen LogP contribution in [-0.4, -0.2) is 25.5 Å². The maximum Gasteiger partial charge on any atom is 0.230 e. The molecule has 1 amide bonds. The van der Waals surface area contributed by atoms with E-state index in [0.717, 1.165) is 12.0 Å². The van der Waals surface area contributed by atoms with E-state index in [4.69, 9.17) is 11.6 Å². The first kappa shape index (κ1) is 18.2. The second-order valence-corrected chi connectivity index (χ2v) is 7.66. The molecule has 1 aromatic carbocycles. The minimum Gasteiger partial charge on any atom is -0.494 e. The average molecular weight is 373 g/mol. The van der Waals surface area contributed by atoms with Crippen molar-refractivity contribution in [3.05, 3.63) is 47.2 Å². The predicted molar refractivity (Wildman–Crippen MR) is 102 cm³/mol. The van der Waals surface area contributed by atoms with Crippen LogP contribution in [0.4, 0.5) is 5.82 Å². The second-order valence-electron chi connectivity index (χ2n) is 7.22. The van der Waals surface area contributed by atoms with Crippen molar-refractivity contribution in [2.24, 2.45) is 5.41 Å². The van der Waals surface area contributed by atoms with Gasteiger partial charge in [-0.15, -0.1) is 0 Å². The fourth-order valence-electron chi connectivity index (χ4n) is 2.44. The van der Waals surface area contributed by atoms with E-state index < -0.39 is 5.41 Å². The molecule has 2 aliphatic rings. The molecule has 0 unspecified atom stereocenters. The van der Waals surface area contributed by atoms with Gasteiger partial charge in [0, 0.05) is 17.0 Å². The Bertz CT molecular complexity index is 897. The van der Waals surface area contributed by atoms with Crippen LogP contribution in [0.3, 0.4) is 0 Å². The number of halogens is 1. The standard InChI is InChI=1S/C19H21ClN4O2/c1-19(2,3)18(26)23-15-10-14-16(22-15)21-11-24(17(14)25)9-8-12-4-6-13(20)7-5-12/h4-7,10-11,25H,8-9H2,1-3H3,(H,23,26). The lowest BCUT2D eigenvalue weighted by Gasteiger charge is -2.16. The number of carbonyl (C=O) groups is 1. The lowest BCUT2D eigenvalue weighted by atomic mass is 9.96. The van der Waals surface area contributed by atoms with Gasteiger partial charge in [0.1, 0.15) is 5.82 Å². The van der Waals surface area contributed by atoms with Crippen LogP contribution in [0.25, 0.3) is 11.4 Å². The maximum absolute atomic E-state index is 12.1. The first-order valence-corrected chi connectivity index (χ1v) is 8.72. The maximum atomic E-state index is 12.1. The summed E-state index contributed by atoms with van der Waals surface area (Å²) in [7, 11) is 0. The molecule has 136 valence electrons. The van der Waals surface area contributed by atoms with Crippen molar-refractivity contribution in [1.29, 1.82) is 0 Å². The zero-order valence-electron chi connectivity index (χ0n) is 15.0. The number of nitrogens with zero attached hydrogens (tertiary/aromatic N) is 3. The van der Waals surface area contributed by atoms with E-state index in [-0.39, 0.29) is 11.8 Å². The predicted octanol–water partition coefficient (Wildman–Crippen LogP) is 3.97. The Morgan fingerprint density at radius 3 is 2.62 bits per heavy atom. The van der Waals surface area contributed by atoms with Crippen LogP contribution in [0.5, 0.6) is 5.88 Å². The highest BCUT2D eigenvalue weighted by molar-refractivity contribution is 6.30. The Morgan fingerprint density at radius 2 is 1.96 bits per heavy atom. The number of benzene rings is 1. The average Bonchev–Trinajstić information content (AvgIpc) is 2.98. The van der Waals surface area contributed by atoms with E-state index in [0.29, 0.717) is 28.8 Å². The number of nitrogens with one attached hydrogen (secondary N) is 1. The Labute approximate surface area is 157 Å². The van der Waals surface area contributed by atoms with Gasteiger partial charge in [-0.3, -0.25) is 4.79 Å². The molecule has 26 heavy (non-hydrogen) atoms. The van der Waals surface area contributed by atoms with Crippen molar-refractivity contribution in [2.75, 3.05) is 5.32 Å². The van der Waals surface area contributed by atoms with E-state index in [9.17, 15) is 9.90 Å². The van der Waals surface area contributed by atoms with E-state index in [1.54, 1.807) is 17.0 Å². The Kier molecular flexibility index (Phi) is 4.87. The highest BCUT2D eigenvalue weighted by atomic mass is 35.5. The number of aromatic hydroxyl groups is 1. The van der Waals surface area contributed by atoms with E-state index in [1.165, 1.54) is 0 Å². The van der Waals surface area contributed by atoms with Gasteiger partial charge in [0.2, 0.25) is 11.8 Å². The first-order chi connectivity index (χ1) is 12.2. The van der Waals surface area contributed by atoms with Crippen LogP contribution in [-0.2, 0) is 17.8 Å². The van der Waals surface area contributed by atoms with Gasteiger partial charge < -0.3 is 15.0 Å². The zero-order chi connectivity index (χ0) is 18.9. The highest BCUT2D eigenvalue weighted by Crippen LogP contribution is 2.32. The molecule has 0 spiro atoms. The van der Waals surface area contributed by atoms with Gasteiger partial charge >= 0.3 is 0 Å². The van der Waals surface area contributed by atoms with Gasteiger partial charge in [-0.05, 0) is 30.2 Å². The molecule has 0 radical (unpaired) electrons. The molecule has 2 aliphatic heterocycles. The number of aryl methyl sites for hydroxylation is 2. The van der Waals surface area contributed by atoms with Crippen molar-refractivity contribution in [3.63, 3.8) is 0 Å². The molecule has 7 heteroatoms. The normalized spacial score (nSPS) is 11.7. The summed E-state index contributed by atoms with van der Waals surface area (Å²) in [5.74, 6) is 0.718. The van der Waals surface area contributed by atoms with E-state index >= 15 is 0 Å². The molecule has 6 nitrogen and oxygen atoms in total. The summed E-state index contributed by atoms with van der Waals surface area (Å²) in [5.41, 5.74) is 1.09. The van der Waals surface area contributed by atoms with Crippen LogP contribution >= 0.6 is 11.6 Å². The summed E-state index contributed by atoms with van der Waals surface area (Å²) in [5, 5.41) is 14.0. The third-order valence-corrected chi connectivity index (χ3v) is 4.31. The van der Waals surface area contributed by atoms with Crippen molar-refractivity contribution in [1.82, 2.24) is 14.5 Å². The minimum atomic E-state index is -0.529. The molecule has 3 rings (SSSR count). The molecular weight excluding hydrogens is 352 g/mol. The smallest absolute Gasteiger partial charge is 0.230 e. The lowest BCUT2D eigenvalue weighted by Crippen LogP contribution is -2.27. The van der Waals surface area contributed by atoms with Gasteiger partial charge in [-0.1, -0.05) is 44.5 Å². The highest BCUT2D eigenvalue weighted by Gasteiger charge is 2.24. The van der Waals surface area contributed by atoms with Gasteiger partial charge in [-0.2, -0.15) is 0 Å². The molecule has 0 atom stereocenters. The molecule has 0 saturated carbocycles. The monoisotopic (exact) mass is 372 g/mol. The minimum absolute atomic E-state index is 0.0766. The van der Waals surface area contributed by atoms with Crippen LogP contribution < -0.4 is 5.32 Å². The van der Waals surface area contributed by atoms with Gasteiger partial charge in [0.25, 0.3) is 0 Å². The van der Waals surface area contributed by atoms with E-state index in [1.807, 2.05) is 45.0 Å². The van der Waals surface area contributed by atoms with Crippen LogP contribution in [0.15, 0.2) is 36.7 Å². The van der Waals surface area contributed by atoms with Crippen molar-refractivity contribution in [2.45, 2.75) is 33.7 Å². The van der Waals surface area contributed by atoms with Gasteiger partial charge in [0.15, 0.2) is 5.82 Å². The summed E-state index contributed by atoms with van der Waals surface area (Å²) in [4.78, 5) is 20.6. The van der Waals surface area contributed by atoms with Crippen molar-refractivity contribution < 1.29 is 9.90 Å². The van der Waals surface area contributed by atoms with Gasteiger partial charge in [-0.25, -0.2) is 9.97 Å². The summed E-state index contributed by atoms with van der Waals surface area (Å²) >= 11 is 5.89. The summed E-state index contributed by atoms with van der Waals surface area (Å²) < 4.78 is 1.66. The Hall–Kier alpha value is -2.60. The Morgan fingerprint density at radius 1 is 1.27 bits per heavy atom. The number of rotatable bonds is 4. The first-order valence-electron chi connectivity index (χ1n) is 8.35. The van der Waals surface area contributed by atoms with Gasteiger partial charge in [0.05, 0.1) is 11.9 Å². The number of hydrogen-bond acceptors (Lipinski definition) is 4. The number of carbonyl (C=O) groups excluding carboxylic acids is 1. The SMILES string of the molecule is CC(C)(C)C(=O)Nc1cc2c(O)n(CCc3ccc(Cl)cc3)cnc-2n1. The third kappa shape index (κ3) is 3.96. The molecule has 0 fully saturated rings. The van der Waals surface area contributed by atoms with Crippen molar-refractivity contribution in [3.8, 4) is 17.3 Å². The fraction of sp³-hybridized carbons (Fsp3) is 0.316. The molecule has 1 aromatic rings. The van der Waals surface area contributed by atoms with Crippen molar-refractivity contribution >= 4 is 23.3 Å². The molecule has 0 aliphatic carbocycles. The molecule has 0 bridgehead atoms.